The Morgan fingerprint density at radius 3 is 2.45 bits per heavy atom. The average Bonchev–Trinajstić information content (AvgIpc) is 3.58. The Labute approximate surface area is 274 Å². The van der Waals surface area contributed by atoms with Gasteiger partial charge in [-0.2, -0.15) is 0 Å². The van der Waals surface area contributed by atoms with Crippen molar-refractivity contribution in [2.45, 2.75) is 83.0 Å². The monoisotopic (exact) mass is 648 g/mol. The van der Waals surface area contributed by atoms with Gasteiger partial charge in [0.2, 0.25) is 0 Å². The summed E-state index contributed by atoms with van der Waals surface area (Å²) in [6.45, 7) is 6.03. The molecular weight excluding hydrogens is 603 g/mol. The fourth-order valence-electron chi connectivity index (χ4n) is 7.88. The Kier molecular flexibility index (Phi) is 9.09. The number of carbonyl (C=O) groups is 3. The molecule has 1 unspecified atom stereocenters. The lowest BCUT2D eigenvalue weighted by Gasteiger charge is -2.42. The molecule has 7 rings (SSSR count). The van der Waals surface area contributed by atoms with E-state index in [2.05, 4.69) is 26.6 Å². The van der Waals surface area contributed by atoms with Crippen molar-refractivity contribution in [1.29, 1.82) is 0 Å². The zero-order chi connectivity index (χ0) is 32.5. The summed E-state index contributed by atoms with van der Waals surface area (Å²) in [7, 11) is 0. The summed E-state index contributed by atoms with van der Waals surface area (Å²) in [4.78, 5) is 48.2. The second-order valence-electron chi connectivity index (χ2n) is 13.5. The van der Waals surface area contributed by atoms with Gasteiger partial charge in [0, 0.05) is 64.3 Å². The molecule has 2 aromatic rings. The highest BCUT2D eigenvalue weighted by Crippen LogP contribution is 2.32. The first kappa shape index (κ1) is 31.5. The number of likely N-dealkylation sites (tertiary alicyclic amines) is 1. The Balaban J connectivity index is 1.00. The molecule has 2 aromatic carbocycles. The first-order chi connectivity index (χ1) is 22.8. The number of piperidine rings is 1. The summed E-state index contributed by atoms with van der Waals surface area (Å²) in [6.07, 6.45) is 6.24. The summed E-state index contributed by atoms with van der Waals surface area (Å²) in [6, 6.07) is 8.97. The predicted molar refractivity (Wildman–Crippen MR) is 176 cm³/mol. The molecule has 13 heteroatoms. The van der Waals surface area contributed by atoms with Gasteiger partial charge in [-0.15, -0.1) is 5.53 Å². The maximum absolute atomic E-state index is 14.2. The molecule has 1 atom stereocenters. The number of piperazine rings is 1. The predicted octanol–water partition coefficient (Wildman–Crippen LogP) is 4.43. The third-order valence-electron chi connectivity index (χ3n) is 10.5. The molecule has 4 N–H and O–H groups in total. The van der Waals surface area contributed by atoms with Crippen molar-refractivity contribution in [3.8, 4) is 0 Å². The molecule has 4 aliphatic heterocycles. The molecule has 252 valence electrons. The van der Waals surface area contributed by atoms with E-state index in [1.54, 1.807) is 15.9 Å². The fourth-order valence-corrected chi connectivity index (χ4v) is 7.88. The largest absolute Gasteiger partial charge is 0.436 e. The number of rotatable bonds is 6. The van der Waals surface area contributed by atoms with Crippen molar-refractivity contribution < 1.29 is 23.5 Å². The van der Waals surface area contributed by atoms with Crippen LogP contribution in [0.2, 0.25) is 0 Å². The first-order valence-corrected chi connectivity index (χ1v) is 17.1. The number of carbonyl (C=O) groups excluding carboxylic acids is 3. The van der Waals surface area contributed by atoms with Crippen LogP contribution in [0.1, 0.15) is 61.6 Å². The van der Waals surface area contributed by atoms with Gasteiger partial charge >= 0.3 is 12.1 Å². The summed E-state index contributed by atoms with van der Waals surface area (Å²) in [5.74, 6) is -0.599. The maximum Gasteiger partial charge on any atom is 0.410 e. The molecule has 0 aromatic heterocycles. The van der Waals surface area contributed by atoms with Crippen molar-refractivity contribution in [2.24, 2.45) is 0 Å². The number of hydrogen-bond acceptors (Lipinski definition) is 8. The van der Waals surface area contributed by atoms with E-state index >= 15 is 0 Å². The minimum absolute atomic E-state index is 0.0996. The topological polar surface area (TPSA) is 122 Å². The zero-order valence-corrected chi connectivity index (χ0v) is 27.0. The molecule has 1 saturated carbocycles. The van der Waals surface area contributed by atoms with Crippen LogP contribution in [-0.2, 0) is 22.5 Å². The molecule has 5 aliphatic rings. The SMILES string of the molecule is Cc1cc(CC(OC(=O)N2CCC(N3Cc4cccc(F)c4NC3=O)CC2)C(=O)N2CCN(C3CCCCC3)CC2)cc2c1NNN2. The average molecular weight is 649 g/mol. The van der Waals surface area contributed by atoms with Crippen LogP contribution >= 0.6 is 0 Å². The molecule has 4 amide bonds. The number of nitrogens with one attached hydrogen (secondary N) is 4. The number of para-hydroxylation sites is 1. The summed E-state index contributed by atoms with van der Waals surface area (Å²) in [5, 5.41) is 2.69. The number of nitrogens with zero attached hydrogens (tertiary/aromatic N) is 4. The number of amides is 4. The molecule has 2 saturated heterocycles. The molecule has 0 bridgehead atoms. The number of fused-ring (bicyclic) bond motifs is 2. The third kappa shape index (κ3) is 6.68. The number of urea groups is 1. The maximum atomic E-state index is 14.2. The van der Waals surface area contributed by atoms with Gasteiger partial charge in [0.25, 0.3) is 5.91 Å². The number of benzene rings is 2. The van der Waals surface area contributed by atoms with Gasteiger partial charge in [-0.05, 0) is 61.4 Å². The van der Waals surface area contributed by atoms with E-state index in [1.165, 1.54) is 38.2 Å². The van der Waals surface area contributed by atoms with Gasteiger partial charge in [0.15, 0.2) is 6.10 Å². The van der Waals surface area contributed by atoms with Crippen LogP contribution in [0, 0.1) is 12.7 Å². The highest BCUT2D eigenvalue weighted by atomic mass is 19.1. The molecule has 1 aliphatic carbocycles. The molecular formula is C34H45FN8O4. The lowest BCUT2D eigenvalue weighted by atomic mass is 9.94. The minimum atomic E-state index is -0.958. The molecule has 12 nitrogen and oxygen atoms in total. The summed E-state index contributed by atoms with van der Waals surface area (Å²) in [5.41, 5.74) is 13.8. The molecule has 47 heavy (non-hydrogen) atoms. The minimum Gasteiger partial charge on any atom is -0.436 e. The van der Waals surface area contributed by atoms with E-state index < -0.39 is 18.0 Å². The van der Waals surface area contributed by atoms with Crippen LogP contribution in [0.4, 0.5) is 31.0 Å². The van der Waals surface area contributed by atoms with E-state index in [0.717, 1.165) is 41.2 Å². The second kappa shape index (κ2) is 13.6. The molecule has 0 spiro atoms. The van der Waals surface area contributed by atoms with Gasteiger partial charge in [0.05, 0.1) is 17.1 Å². The Hall–Kier alpha value is -4.10. The fraction of sp³-hybridized carbons (Fsp3) is 0.559. The van der Waals surface area contributed by atoms with Crippen molar-refractivity contribution in [1.82, 2.24) is 25.1 Å². The summed E-state index contributed by atoms with van der Waals surface area (Å²) < 4.78 is 20.3. The van der Waals surface area contributed by atoms with Crippen LogP contribution in [0.25, 0.3) is 0 Å². The molecule has 0 radical (unpaired) electrons. The molecule has 3 fully saturated rings. The van der Waals surface area contributed by atoms with E-state index in [4.69, 9.17) is 4.74 Å². The zero-order valence-electron chi connectivity index (χ0n) is 27.0. The van der Waals surface area contributed by atoms with Crippen molar-refractivity contribution in [3.05, 3.63) is 52.8 Å². The Bertz CT molecular complexity index is 1500. The second-order valence-corrected chi connectivity index (χ2v) is 13.5. The normalized spacial score (nSPS) is 21.3. The van der Waals surface area contributed by atoms with Gasteiger partial charge in [0.1, 0.15) is 5.82 Å². The van der Waals surface area contributed by atoms with Crippen LogP contribution in [0.15, 0.2) is 30.3 Å². The first-order valence-electron chi connectivity index (χ1n) is 17.1. The van der Waals surface area contributed by atoms with Gasteiger partial charge < -0.3 is 35.6 Å². The van der Waals surface area contributed by atoms with Gasteiger partial charge in [-0.25, -0.2) is 14.0 Å². The number of ether oxygens (including phenoxy) is 1. The standard InChI is InChI=1S/C34H45FN8O4/c1-22-18-23(19-28-30(22)38-39-37-28)20-29(32(44)41-16-14-40(15-17-41)25-7-3-2-4-8-25)47-34(46)42-12-10-26(11-13-42)43-21-24-6-5-9-27(35)31(24)36-33(43)45/h5-6,9,18-19,25-26,29,37-39H,2-4,7-8,10-17,20-21H2,1H3,(H,36,45). The van der Waals surface area contributed by atoms with Crippen molar-refractivity contribution in [2.75, 3.05) is 55.4 Å². The Morgan fingerprint density at radius 1 is 0.915 bits per heavy atom. The van der Waals surface area contributed by atoms with Gasteiger partial charge in [-0.3, -0.25) is 9.69 Å². The van der Waals surface area contributed by atoms with E-state index in [1.807, 2.05) is 30.0 Å². The quantitative estimate of drug-likeness (QED) is 0.363. The number of hydrogen-bond donors (Lipinski definition) is 4. The third-order valence-corrected chi connectivity index (χ3v) is 10.5. The van der Waals surface area contributed by atoms with Crippen LogP contribution in [0.3, 0.4) is 0 Å². The number of aryl methyl sites for hydroxylation is 1. The number of anilines is 3. The van der Waals surface area contributed by atoms with Gasteiger partial charge in [-0.1, -0.05) is 37.5 Å². The lowest BCUT2D eigenvalue weighted by Crippen LogP contribution is -2.55. The highest BCUT2D eigenvalue weighted by molar-refractivity contribution is 5.92. The van der Waals surface area contributed by atoms with E-state index in [-0.39, 0.29) is 30.1 Å². The van der Waals surface area contributed by atoms with Crippen LogP contribution < -0.4 is 21.7 Å². The van der Waals surface area contributed by atoms with Crippen LogP contribution in [-0.4, -0.2) is 95.1 Å². The lowest BCUT2D eigenvalue weighted by molar-refractivity contribution is -0.143. The van der Waals surface area contributed by atoms with E-state index in [0.29, 0.717) is 51.6 Å². The van der Waals surface area contributed by atoms with Crippen molar-refractivity contribution >= 4 is 35.1 Å². The van der Waals surface area contributed by atoms with Crippen molar-refractivity contribution in [3.63, 3.8) is 0 Å². The number of hydrazine groups is 2. The summed E-state index contributed by atoms with van der Waals surface area (Å²) >= 11 is 0. The van der Waals surface area contributed by atoms with E-state index in [9.17, 15) is 18.8 Å². The highest BCUT2D eigenvalue weighted by Gasteiger charge is 2.37. The molecule has 4 heterocycles. The smallest absolute Gasteiger partial charge is 0.410 e. The number of halogens is 1. The Morgan fingerprint density at radius 2 is 1.68 bits per heavy atom. The van der Waals surface area contributed by atoms with Crippen LogP contribution in [0.5, 0.6) is 0 Å².